The van der Waals surface area contributed by atoms with Crippen LogP contribution in [0.4, 0.5) is 0 Å². The van der Waals surface area contributed by atoms with Crippen LogP contribution in [-0.4, -0.2) is 24.0 Å². The SMILES string of the molecule is Cl.NC1CCN(Cc2ccccc2Br)C1. The van der Waals surface area contributed by atoms with Crippen molar-refractivity contribution in [1.29, 1.82) is 0 Å². The van der Waals surface area contributed by atoms with Crippen LogP contribution in [0.25, 0.3) is 0 Å². The highest BCUT2D eigenvalue weighted by molar-refractivity contribution is 9.10. The fourth-order valence-electron chi connectivity index (χ4n) is 1.87. The van der Waals surface area contributed by atoms with Crippen LogP contribution in [0.15, 0.2) is 28.7 Å². The number of hydrogen-bond donors (Lipinski definition) is 1. The van der Waals surface area contributed by atoms with Crippen molar-refractivity contribution in [2.24, 2.45) is 5.73 Å². The molecule has 0 saturated carbocycles. The van der Waals surface area contributed by atoms with E-state index in [1.54, 1.807) is 0 Å². The van der Waals surface area contributed by atoms with Gasteiger partial charge in [-0.3, -0.25) is 4.90 Å². The van der Waals surface area contributed by atoms with E-state index in [9.17, 15) is 0 Å². The molecule has 0 bridgehead atoms. The Morgan fingerprint density at radius 1 is 1.40 bits per heavy atom. The number of hydrogen-bond acceptors (Lipinski definition) is 2. The van der Waals surface area contributed by atoms with Gasteiger partial charge in [0.1, 0.15) is 0 Å². The maximum atomic E-state index is 5.86. The molecule has 2 N–H and O–H groups in total. The minimum absolute atomic E-state index is 0. The third-order valence-electron chi connectivity index (χ3n) is 2.66. The Morgan fingerprint density at radius 3 is 2.73 bits per heavy atom. The lowest BCUT2D eigenvalue weighted by Crippen LogP contribution is -2.26. The third kappa shape index (κ3) is 3.45. The van der Waals surface area contributed by atoms with Crippen LogP contribution < -0.4 is 5.73 Å². The molecule has 0 aromatic heterocycles. The van der Waals surface area contributed by atoms with Crippen molar-refractivity contribution in [3.63, 3.8) is 0 Å². The van der Waals surface area contributed by atoms with Crippen LogP contribution in [-0.2, 0) is 6.54 Å². The van der Waals surface area contributed by atoms with Crippen molar-refractivity contribution < 1.29 is 0 Å². The molecule has 1 unspecified atom stereocenters. The van der Waals surface area contributed by atoms with Gasteiger partial charge < -0.3 is 5.73 Å². The smallest absolute Gasteiger partial charge is 0.0245 e. The van der Waals surface area contributed by atoms with E-state index in [1.165, 1.54) is 10.0 Å². The summed E-state index contributed by atoms with van der Waals surface area (Å²) in [5, 5.41) is 0. The molecule has 0 amide bonds. The van der Waals surface area contributed by atoms with Crippen LogP contribution in [0.1, 0.15) is 12.0 Å². The van der Waals surface area contributed by atoms with Gasteiger partial charge in [-0.05, 0) is 18.1 Å². The molecule has 1 aromatic rings. The summed E-state index contributed by atoms with van der Waals surface area (Å²) in [4.78, 5) is 2.41. The molecule has 1 aliphatic rings. The van der Waals surface area contributed by atoms with Gasteiger partial charge in [0, 0.05) is 30.1 Å². The molecular weight excluding hydrogens is 275 g/mol. The summed E-state index contributed by atoms with van der Waals surface area (Å²) in [6.45, 7) is 3.17. The van der Waals surface area contributed by atoms with Gasteiger partial charge in [-0.2, -0.15) is 0 Å². The van der Waals surface area contributed by atoms with E-state index in [-0.39, 0.29) is 12.4 Å². The minimum Gasteiger partial charge on any atom is -0.326 e. The average molecular weight is 292 g/mol. The van der Waals surface area contributed by atoms with E-state index in [0.717, 1.165) is 26.1 Å². The molecule has 0 spiro atoms. The molecule has 0 aliphatic carbocycles. The molecule has 84 valence electrons. The van der Waals surface area contributed by atoms with Crippen molar-refractivity contribution in [3.05, 3.63) is 34.3 Å². The van der Waals surface area contributed by atoms with Crippen molar-refractivity contribution in [3.8, 4) is 0 Å². The number of likely N-dealkylation sites (tertiary alicyclic amines) is 1. The number of rotatable bonds is 2. The van der Waals surface area contributed by atoms with E-state index < -0.39 is 0 Å². The highest BCUT2D eigenvalue weighted by atomic mass is 79.9. The van der Waals surface area contributed by atoms with Gasteiger partial charge in [0.15, 0.2) is 0 Å². The van der Waals surface area contributed by atoms with Crippen molar-refractivity contribution in [1.82, 2.24) is 4.90 Å². The Balaban J connectivity index is 0.00000112. The van der Waals surface area contributed by atoms with Gasteiger partial charge in [-0.25, -0.2) is 0 Å². The lowest BCUT2D eigenvalue weighted by Gasteiger charge is -2.15. The number of nitrogens with zero attached hydrogens (tertiary/aromatic N) is 1. The van der Waals surface area contributed by atoms with Gasteiger partial charge in [-0.15, -0.1) is 12.4 Å². The van der Waals surface area contributed by atoms with Gasteiger partial charge in [-0.1, -0.05) is 34.1 Å². The first-order valence-corrected chi connectivity index (χ1v) is 5.76. The lowest BCUT2D eigenvalue weighted by atomic mass is 10.2. The van der Waals surface area contributed by atoms with Crippen LogP contribution >= 0.6 is 28.3 Å². The lowest BCUT2D eigenvalue weighted by molar-refractivity contribution is 0.326. The second-order valence-electron chi connectivity index (χ2n) is 3.88. The summed E-state index contributed by atoms with van der Waals surface area (Å²) in [7, 11) is 0. The van der Waals surface area contributed by atoms with Gasteiger partial charge in [0.2, 0.25) is 0 Å². The number of halogens is 2. The highest BCUT2D eigenvalue weighted by Gasteiger charge is 2.19. The predicted molar refractivity (Wildman–Crippen MR) is 69.3 cm³/mol. The Kier molecular flexibility index (Phi) is 5.06. The molecule has 1 heterocycles. The molecule has 1 atom stereocenters. The molecule has 1 aromatic carbocycles. The number of nitrogens with two attached hydrogens (primary N) is 1. The largest absolute Gasteiger partial charge is 0.326 e. The Morgan fingerprint density at radius 2 is 2.13 bits per heavy atom. The summed E-state index contributed by atoms with van der Waals surface area (Å²) in [5.41, 5.74) is 7.21. The first-order chi connectivity index (χ1) is 6.75. The van der Waals surface area contributed by atoms with E-state index in [2.05, 4.69) is 39.0 Å². The normalized spacial score (nSPS) is 21.3. The monoisotopic (exact) mass is 290 g/mol. The second kappa shape index (κ2) is 5.85. The van der Waals surface area contributed by atoms with E-state index in [0.29, 0.717) is 6.04 Å². The first kappa shape index (κ1) is 13.0. The maximum absolute atomic E-state index is 5.86. The van der Waals surface area contributed by atoms with Crippen molar-refractivity contribution in [2.45, 2.75) is 19.0 Å². The summed E-state index contributed by atoms with van der Waals surface area (Å²) in [5.74, 6) is 0. The molecule has 1 fully saturated rings. The zero-order valence-corrected chi connectivity index (χ0v) is 10.9. The summed E-state index contributed by atoms with van der Waals surface area (Å²) in [6.07, 6.45) is 1.13. The predicted octanol–water partition coefficient (Wildman–Crippen LogP) is 2.40. The molecule has 1 aliphatic heterocycles. The van der Waals surface area contributed by atoms with Crippen LogP contribution in [0.3, 0.4) is 0 Å². The second-order valence-corrected chi connectivity index (χ2v) is 4.73. The number of benzene rings is 1. The fourth-order valence-corrected chi connectivity index (χ4v) is 2.28. The Hall–Kier alpha value is -0.0900. The molecule has 4 heteroatoms. The van der Waals surface area contributed by atoms with Gasteiger partial charge in [0.25, 0.3) is 0 Å². The molecular formula is C11H16BrClN2. The van der Waals surface area contributed by atoms with Crippen molar-refractivity contribution in [2.75, 3.05) is 13.1 Å². The molecule has 15 heavy (non-hydrogen) atoms. The zero-order valence-electron chi connectivity index (χ0n) is 8.53. The molecule has 2 nitrogen and oxygen atoms in total. The maximum Gasteiger partial charge on any atom is 0.0245 e. The zero-order chi connectivity index (χ0) is 9.97. The van der Waals surface area contributed by atoms with Gasteiger partial charge >= 0.3 is 0 Å². The molecule has 1 saturated heterocycles. The minimum atomic E-state index is 0. The van der Waals surface area contributed by atoms with E-state index in [4.69, 9.17) is 5.73 Å². The van der Waals surface area contributed by atoms with Crippen molar-refractivity contribution >= 4 is 28.3 Å². The van der Waals surface area contributed by atoms with Crippen LogP contribution in [0, 0.1) is 0 Å². The molecule has 0 radical (unpaired) electrons. The topological polar surface area (TPSA) is 29.3 Å². The first-order valence-electron chi connectivity index (χ1n) is 4.97. The third-order valence-corrected chi connectivity index (χ3v) is 3.43. The van der Waals surface area contributed by atoms with E-state index in [1.807, 2.05) is 6.07 Å². The van der Waals surface area contributed by atoms with Crippen LogP contribution in [0.2, 0.25) is 0 Å². The summed E-state index contributed by atoms with van der Waals surface area (Å²) >= 11 is 3.56. The highest BCUT2D eigenvalue weighted by Crippen LogP contribution is 2.19. The summed E-state index contributed by atoms with van der Waals surface area (Å²) < 4.78 is 1.19. The Bertz CT molecular complexity index is 319. The molecule has 2 rings (SSSR count). The fraction of sp³-hybridized carbons (Fsp3) is 0.455. The average Bonchev–Trinajstić information content (AvgIpc) is 2.56. The quantitative estimate of drug-likeness (QED) is 0.907. The standard InChI is InChI=1S/C11H15BrN2.ClH/c12-11-4-2-1-3-9(11)7-14-6-5-10(13)8-14;/h1-4,10H,5-8,13H2;1H. The summed E-state index contributed by atoms with van der Waals surface area (Å²) in [6, 6.07) is 8.75. The van der Waals surface area contributed by atoms with E-state index >= 15 is 0 Å². The van der Waals surface area contributed by atoms with Gasteiger partial charge in [0.05, 0.1) is 0 Å². The Labute approximate surface area is 105 Å². The van der Waals surface area contributed by atoms with Crippen LogP contribution in [0.5, 0.6) is 0 Å².